The molecule has 1 aliphatic heterocycles. The highest BCUT2D eigenvalue weighted by Gasteiger charge is 2.47. The van der Waals surface area contributed by atoms with Crippen LogP contribution in [-0.2, 0) is 18.9 Å². The topological polar surface area (TPSA) is 57.2 Å². The van der Waals surface area contributed by atoms with Gasteiger partial charge in [-0.15, -0.1) is 6.58 Å². The minimum Gasteiger partial charge on any atom is -0.450 e. The quantitative estimate of drug-likeness (QED) is 0.531. The molecule has 1 saturated heterocycles. The van der Waals surface area contributed by atoms with E-state index in [-0.39, 0.29) is 6.10 Å². The number of hydrogen-bond donors (Lipinski definition) is 0. The number of hydrogen-bond acceptors (Lipinski definition) is 5. The molecule has 2 aliphatic rings. The summed E-state index contributed by atoms with van der Waals surface area (Å²) in [6, 6.07) is 0. The lowest BCUT2D eigenvalue weighted by molar-refractivity contribution is -0.208. The molecule has 1 unspecified atom stereocenters. The molecule has 0 bridgehead atoms. The van der Waals surface area contributed by atoms with Gasteiger partial charge in [-0.05, 0) is 26.7 Å². The lowest BCUT2D eigenvalue weighted by Gasteiger charge is -2.35. The van der Waals surface area contributed by atoms with Crippen LogP contribution in [0.5, 0.6) is 0 Å². The van der Waals surface area contributed by atoms with E-state index in [0.29, 0.717) is 26.4 Å². The first-order valence-corrected chi connectivity index (χ1v) is 8.63. The zero-order valence-corrected chi connectivity index (χ0v) is 14.3. The van der Waals surface area contributed by atoms with E-state index in [9.17, 15) is 4.79 Å². The molecular weight excluding hydrogens is 298 g/mol. The molecular formula is C17H29NO5. The normalized spacial score (nSPS) is 24.3. The Bertz CT molecular complexity index is 394. The first kappa shape index (κ1) is 18.2. The second-order valence-corrected chi connectivity index (χ2v) is 5.92. The molecule has 0 aromatic heterocycles. The van der Waals surface area contributed by atoms with Gasteiger partial charge in [-0.3, -0.25) is 4.90 Å². The van der Waals surface area contributed by atoms with Crippen LogP contribution in [0.25, 0.3) is 0 Å². The largest absolute Gasteiger partial charge is 0.450 e. The summed E-state index contributed by atoms with van der Waals surface area (Å²) in [5.41, 5.74) is 0. The summed E-state index contributed by atoms with van der Waals surface area (Å²) < 4.78 is 23.2. The molecule has 0 radical (unpaired) electrons. The predicted molar refractivity (Wildman–Crippen MR) is 86.0 cm³/mol. The smallest absolute Gasteiger partial charge is 0.412 e. The zero-order valence-electron chi connectivity index (χ0n) is 14.3. The van der Waals surface area contributed by atoms with Crippen LogP contribution in [0.1, 0.15) is 46.0 Å². The van der Waals surface area contributed by atoms with Crippen LogP contribution in [0.3, 0.4) is 0 Å². The first-order chi connectivity index (χ1) is 11.2. The van der Waals surface area contributed by atoms with Crippen molar-refractivity contribution < 1.29 is 23.7 Å². The van der Waals surface area contributed by atoms with Crippen molar-refractivity contribution in [2.45, 2.75) is 64.1 Å². The van der Waals surface area contributed by atoms with Crippen LogP contribution < -0.4 is 0 Å². The van der Waals surface area contributed by atoms with Gasteiger partial charge in [0.2, 0.25) is 0 Å². The van der Waals surface area contributed by atoms with Crippen molar-refractivity contribution >= 4 is 6.09 Å². The molecule has 6 nitrogen and oxygen atoms in total. The predicted octanol–water partition coefficient (Wildman–Crippen LogP) is 3.07. The number of ether oxygens (including phenoxy) is 4. The molecule has 1 amide bonds. The maximum atomic E-state index is 12.3. The molecule has 132 valence electrons. The van der Waals surface area contributed by atoms with Crippen LogP contribution in [-0.4, -0.2) is 55.5 Å². The molecule has 0 aromatic carbocycles. The van der Waals surface area contributed by atoms with E-state index >= 15 is 0 Å². The van der Waals surface area contributed by atoms with E-state index in [1.54, 1.807) is 13.0 Å². The molecule has 23 heavy (non-hydrogen) atoms. The number of nitrogens with zero attached hydrogens (tertiary/aromatic N) is 1. The van der Waals surface area contributed by atoms with Gasteiger partial charge in [-0.1, -0.05) is 12.5 Å². The van der Waals surface area contributed by atoms with Gasteiger partial charge < -0.3 is 18.9 Å². The summed E-state index contributed by atoms with van der Waals surface area (Å²) in [4.78, 5) is 13.8. The Morgan fingerprint density at radius 3 is 2.70 bits per heavy atom. The minimum atomic E-state index is -0.529. The van der Waals surface area contributed by atoms with Crippen LogP contribution in [0.2, 0.25) is 0 Å². The van der Waals surface area contributed by atoms with Crippen LogP contribution in [0, 0.1) is 0 Å². The molecule has 0 N–H and O–H groups in total. The van der Waals surface area contributed by atoms with Crippen molar-refractivity contribution in [3.63, 3.8) is 0 Å². The van der Waals surface area contributed by atoms with Gasteiger partial charge in [0, 0.05) is 26.0 Å². The van der Waals surface area contributed by atoms with E-state index in [0.717, 1.165) is 25.7 Å². The summed E-state index contributed by atoms with van der Waals surface area (Å²) in [5.74, 6) is -0.493. The lowest BCUT2D eigenvalue weighted by atomic mass is 9.94. The first-order valence-electron chi connectivity index (χ1n) is 8.63. The minimum absolute atomic E-state index is 0.308. The molecule has 0 aromatic rings. The average Bonchev–Trinajstić information content (AvgIpc) is 2.95. The molecule has 2 atom stereocenters. The van der Waals surface area contributed by atoms with Gasteiger partial charge in [0.1, 0.15) is 6.10 Å². The Kier molecular flexibility index (Phi) is 6.87. The van der Waals surface area contributed by atoms with Crippen molar-refractivity contribution in [1.29, 1.82) is 0 Å². The maximum absolute atomic E-state index is 12.3. The molecule has 1 heterocycles. The Labute approximate surface area is 138 Å². The molecule has 1 spiro atoms. The monoisotopic (exact) mass is 327 g/mol. The van der Waals surface area contributed by atoms with Gasteiger partial charge >= 0.3 is 6.09 Å². The van der Waals surface area contributed by atoms with E-state index < -0.39 is 18.1 Å². The molecule has 1 saturated carbocycles. The highest BCUT2D eigenvalue weighted by atomic mass is 16.8. The average molecular weight is 327 g/mol. The molecule has 2 rings (SSSR count). The standard InChI is InChI=1S/C17H29NO5/c1-4-12-18(16(19)21-6-3)15(20-5-2)14-13-22-17(23-14)10-8-7-9-11-17/h4,14-15H,1,5-13H2,2-3H3/t14-,15?/m1/s1. The third kappa shape index (κ3) is 4.46. The van der Waals surface area contributed by atoms with Gasteiger partial charge in [-0.2, -0.15) is 0 Å². The van der Waals surface area contributed by atoms with Crippen molar-refractivity contribution in [2.75, 3.05) is 26.4 Å². The highest BCUT2D eigenvalue weighted by Crippen LogP contribution is 2.39. The Morgan fingerprint density at radius 1 is 1.35 bits per heavy atom. The summed E-state index contributed by atoms with van der Waals surface area (Å²) in [7, 11) is 0. The Hall–Kier alpha value is -1.11. The van der Waals surface area contributed by atoms with Gasteiger partial charge in [0.25, 0.3) is 0 Å². The number of carbonyl (C=O) groups is 1. The van der Waals surface area contributed by atoms with Crippen molar-refractivity contribution in [3.8, 4) is 0 Å². The number of carbonyl (C=O) groups excluding carboxylic acids is 1. The Balaban J connectivity index is 2.09. The highest BCUT2D eigenvalue weighted by molar-refractivity contribution is 5.68. The van der Waals surface area contributed by atoms with Crippen molar-refractivity contribution in [3.05, 3.63) is 12.7 Å². The van der Waals surface area contributed by atoms with E-state index in [4.69, 9.17) is 18.9 Å². The summed E-state index contributed by atoms with van der Waals surface area (Å²) >= 11 is 0. The fourth-order valence-corrected chi connectivity index (χ4v) is 3.27. The maximum Gasteiger partial charge on any atom is 0.412 e. The number of amides is 1. The second kappa shape index (κ2) is 8.66. The SMILES string of the molecule is C=CCN(C(=O)OCC)C(OCC)[C@H]1COC2(CCCCC2)O1. The second-order valence-electron chi connectivity index (χ2n) is 5.92. The molecule has 2 fully saturated rings. The fraction of sp³-hybridized carbons (Fsp3) is 0.824. The van der Waals surface area contributed by atoms with Crippen LogP contribution in [0.4, 0.5) is 4.79 Å². The Morgan fingerprint density at radius 2 is 2.09 bits per heavy atom. The molecule has 1 aliphatic carbocycles. The van der Waals surface area contributed by atoms with Crippen molar-refractivity contribution in [2.24, 2.45) is 0 Å². The number of rotatable bonds is 7. The van der Waals surface area contributed by atoms with E-state index in [1.807, 2.05) is 6.92 Å². The van der Waals surface area contributed by atoms with Gasteiger partial charge in [0.05, 0.1) is 13.2 Å². The van der Waals surface area contributed by atoms with Crippen LogP contribution in [0.15, 0.2) is 12.7 Å². The lowest BCUT2D eigenvalue weighted by Crippen LogP contribution is -2.50. The fourth-order valence-electron chi connectivity index (χ4n) is 3.27. The van der Waals surface area contributed by atoms with E-state index in [1.165, 1.54) is 11.3 Å². The zero-order chi connectivity index (χ0) is 16.7. The van der Waals surface area contributed by atoms with E-state index in [2.05, 4.69) is 6.58 Å². The third-order valence-electron chi connectivity index (χ3n) is 4.28. The summed E-state index contributed by atoms with van der Waals surface area (Å²) in [5, 5.41) is 0. The summed E-state index contributed by atoms with van der Waals surface area (Å²) in [6.45, 7) is 8.97. The van der Waals surface area contributed by atoms with Crippen LogP contribution >= 0.6 is 0 Å². The molecule has 6 heteroatoms. The van der Waals surface area contributed by atoms with Gasteiger partial charge in [-0.25, -0.2) is 4.79 Å². The van der Waals surface area contributed by atoms with Crippen molar-refractivity contribution in [1.82, 2.24) is 4.90 Å². The third-order valence-corrected chi connectivity index (χ3v) is 4.28. The van der Waals surface area contributed by atoms with Gasteiger partial charge in [0.15, 0.2) is 12.0 Å². The summed E-state index contributed by atoms with van der Waals surface area (Å²) in [6.07, 6.45) is 5.66.